The molecule has 2 aliphatic rings. The van der Waals surface area contributed by atoms with E-state index in [0.717, 1.165) is 30.3 Å². The zero-order chi connectivity index (χ0) is 15.1. The van der Waals surface area contributed by atoms with E-state index in [0.29, 0.717) is 25.2 Å². The van der Waals surface area contributed by atoms with Gasteiger partial charge in [0.25, 0.3) is 5.91 Å². The van der Waals surface area contributed by atoms with Gasteiger partial charge in [-0.2, -0.15) is 0 Å². The van der Waals surface area contributed by atoms with Gasteiger partial charge >= 0.3 is 5.63 Å². The van der Waals surface area contributed by atoms with Crippen LogP contribution in [0, 0.1) is 0 Å². The van der Waals surface area contributed by atoms with E-state index in [1.165, 1.54) is 22.4 Å². The Morgan fingerprint density at radius 1 is 1.14 bits per heavy atom. The summed E-state index contributed by atoms with van der Waals surface area (Å²) in [5, 5.41) is 3.87. The van der Waals surface area contributed by atoms with Crippen molar-refractivity contribution in [2.24, 2.45) is 0 Å². The van der Waals surface area contributed by atoms with E-state index in [-0.39, 0.29) is 11.5 Å². The fraction of sp³-hybridized carbons (Fsp3) is 0.412. The average Bonchev–Trinajstić information content (AvgIpc) is 2.92. The fourth-order valence-electron chi connectivity index (χ4n) is 3.62. The lowest BCUT2D eigenvalue weighted by atomic mass is 10.0. The van der Waals surface area contributed by atoms with Crippen LogP contribution in [0.15, 0.2) is 27.4 Å². The molecule has 2 aromatic rings. The van der Waals surface area contributed by atoms with Crippen molar-refractivity contribution < 1.29 is 14.1 Å². The standard InChI is InChI=1S/C17H18N2O3/c20-16-10-19(5-4-18-16)9-13-8-17(21)22-15-7-12-3-1-2-11(12)6-14(13)15/h6-8H,1-5,9-10H2,(H,18,20)/p+1. The highest BCUT2D eigenvalue weighted by Crippen LogP contribution is 2.28. The van der Waals surface area contributed by atoms with E-state index < -0.39 is 0 Å². The molecule has 2 heterocycles. The SMILES string of the molecule is O=C1C[NH+](Cc2cc(=O)oc3cc4c(cc23)CCC4)CCN1. The van der Waals surface area contributed by atoms with Crippen LogP contribution in [0.25, 0.3) is 11.0 Å². The van der Waals surface area contributed by atoms with Crippen molar-refractivity contribution in [1.82, 2.24) is 5.32 Å². The van der Waals surface area contributed by atoms with Gasteiger partial charge in [-0.25, -0.2) is 4.79 Å². The molecule has 0 radical (unpaired) electrons. The van der Waals surface area contributed by atoms with Gasteiger partial charge < -0.3 is 14.6 Å². The molecule has 4 rings (SSSR count). The summed E-state index contributed by atoms with van der Waals surface area (Å²) in [4.78, 5) is 24.6. The number of carbonyl (C=O) groups excluding carboxylic acids is 1. The Labute approximate surface area is 127 Å². The Hall–Kier alpha value is -2.14. The maximum atomic E-state index is 11.9. The lowest BCUT2D eigenvalue weighted by Crippen LogP contribution is -3.14. The predicted molar refractivity (Wildman–Crippen MR) is 81.9 cm³/mol. The first kappa shape index (κ1) is 13.5. The van der Waals surface area contributed by atoms with Gasteiger partial charge in [0.05, 0.1) is 13.1 Å². The molecule has 1 saturated heterocycles. The quantitative estimate of drug-likeness (QED) is 0.755. The van der Waals surface area contributed by atoms with Crippen LogP contribution in [0.4, 0.5) is 0 Å². The molecule has 1 aliphatic heterocycles. The molecule has 114 valence electrons. The summed E-state index contributed by atoms with van der Waals surface area (Å²) in [5.41, 5.74) is 4.04. The van der Waals surface area contributed by atoms with Gasteiger partial charge in [0.1, 0.15) is 12.1 Å². The summed E-state index contributed by atoms with van der Waals surface area (Å²) in [5.74, 6) is 0.0782. The van der Waals surface area contributed by atoms with Crippen molar-refractivity contribution in [3.63, 3.8) is 0 Å². The number of quaternary nitrogens is 1. The molecule has 1 aromatic heterocycles. The normalized spacial score (nSPS) is 20.9. The molecule has 0 saturated carbocycles. The minimum Gasteiger partial charge on any atom is -0.423 e. The number of amides is 1. The van der Waals surface area contributed by atoms with E-state index in [4.69, 9.17) is 4.42 Å². The molecule has 5 nitrogen and oxygen atoms in total. The van der Waals surface area contributed by atoms with E-state index in [2.05, 4.69) is 11.4 Å². The van der Waals surface area contributed by atoms with Crippen molar-refractivity contribution in [1.29, 1.82) is 0 Å². The zero-order valence-electron chi connectivity index (χ0n) is 12.4. The first-order chi connectivity index (χ1) is 10.7. The van der Waals surface area contributed by atoms with Crippen LogP contribution in [-0.2, 0) is 24.2 Å². The molecule has 1 aromatic carbocycles. The number of hydrogen-bond donors (Lipinski definition) is 2. The maximum absolute atomic E-state index is 11.9. The molecule has 1 aliphatic carbocycles. The van der Waals surface area contributed by atoms with Crippen molar-refractivity contribution in [3.05, 3.63) is 45.3 Å². The Morgan fingerprint density at radius 2 is 1.95 bits per heavy atom. The van der Waals surface area contributed by atoms with Crippen LogP contribution in [0.3, 0.4) is 0 Å². The largest absolute Gasteiger partial charge is 0.423 e. The summed E-state index contributed by atoms with van der Waals surface area (Å²) in [6, 6.07) is 5.80. The number of rotatable bonds is 2. The molecule has 22 heavy (non-hydrogen) atoms. The van der Waals surface area contributed by atoms with Gasteiger partial charge in [-0.05, 0) is 42.5 Å². The van der Waals surface area contributed by atoms with Crippen molar-refractivity contribution in [2.75, 3.05) is 19.6 Å². The van der Waals surface area contributed by atoms with Gasteiger partial charge in [0.15, 0.2) is 6.54 Å². The van der Waals surface area contributed by atoms with Crippen molar-refractivity contribution in [3.8, 4) is 0 Å². The molecule has 1 unspecified atom stereocenters. The lowest BCUT2D eigenvalue weighted by molar-refractivity contribution is -0.907. The molecular formula is C17H19N2O3+. The van der Waals surface area contributed by atoms with Gasteiger partial charge in [0.2, 0.25) is 0 Å². The smallest absolute Gasteiger partial charge is 0.336 e. The van der Waals surface area contributed by atoms with E-state index in [9.17, 15) is 9.59 Å². The van der Waals surface area contributed by atoms with Crippen LogP contribution >= 0.6 is 0 Å². The van der Waals surface area contributed by atoms with Crippen LogP contribution in [-0.4, -0.2) is 25.5 Å². The first-order valence-electron chi connectivity index (χ1n) is 7.88. The van der Waals surface area contributed by atoms with E-state index >= 15 is 0 Å². The maximum Gasteiger partial charge on any atom is 0.336 e. The summed E-state index contributed by atoms with van der Waals surface area (Å²) in [6.45, 7) is 2.74. The summed E-state index contributed by atoms with van der Waals surface area (Å²) in [7, 11) is 0. The third-order valence-electron chi connectivity index (χ3n) is 4.69. The summed E-state index contributed by atoms with van der Waals surface area (Å²) >= 11 is 0. The predicted octanol–water partition coefficient (Wildman–Crippen LogP) is -0.204. The highest BCUT2D eigenvalue weighted by molar-refractivity contribution is 5.82. The highest BCUT2D eigenvalue weighted by Gasteiger charge is 2.22. The van der Waals surface area contributed by atoms with E-state index in [1.54, 1.807) is 6.07 Å². The highest BCUT2D eigenvalue weighted by atomic mass is 16.4. The Kier molecular flexibility index (Phi) is 3.22. The van der Waals surface area contributed by atoms with Gasteiger partial charge in [-0.1, -0.05) is 0 Å². The number of carbonyl (C=O) groups is 1. The minimum atomic E-state index is -0.304. The number of benzene rings is 1. The minimum absolute atomic E-state index is 0.0782. The van der Waals surface area contributed by atoms with Gasteiger partial charge in [-0.3, -0.25) is 4.79 Å². The number of fused-ring (bicyclic) bond motifs is 2. The molecule has 1 atom stereocenters. The monoisotopic (exact) mass is 299 g/mol. The molecular weight excluding hydrogens is 280 g/mol. The second-order valence-corrected chi connectivity index (χ2v) is 6.26. The third kappa shape index (κ3) is 2.41. The Balaban J connectivity index is 1.76. The lowest BCUT2D eigenvalue weighted by Gasteiger charge is -2.23. The number of piperazine rings is 1. The van der Waals surface area contributed by atoms with Crippen LogP contribution < -0.4 is 15.8 Å². The Bertz CT molecular complexity index is 809. The molecule has 0 bridgehead atoms. The second-order valence-electron chi connectivity index (χ2n) is 6.26. The van der Waals surface area contributed by atoms with Crippen molar-refractivity contribution >= 4 is 16.9 Å². The molecule has 1 fully saturated rings. The molecule has 1 amide bonds. The molecule has 0 spiro atoms. The number of aryl methyl sites for hydroxylation is 2. The number of nitrogens with one attached hydrogen (secondary N) is 2. The number of hydrogen-bond acceptors (Lipinski definition) is 3. The van der Waals surface area contributed by atoms with Gasteiger partial charge in [-0.15, -0.1) is 0 Å². The van der Waals surface area contributed by atoms with E-state index in [1.807, 2.05) is 6.07 Å². The second kappa shape index (κ2) is 5.25. The topological polar surface area (TPSA) is 63.8 Å². The molecule has 5 heteroatoms. The Morgan fingerprint density at radius 3 is 2.77 bits per heavy atom. The van der Waals surface area contributed by atoms with Crippen LogP contribution in [0.5, 0.6) is 0 Å². The first-order valence-corrected chi connectivity index (χ1v) is 7.88. The fourth-order valence-corrected chi connectivity index (χ4v) is 3.62. The zero-order valence-corrected chi connectivity index (χ0v) is 12.4. The summed E-state index contributed by atoms with van der Waals surface area (Å²) < 4.78 is 5.39. The van der Waals surface area contributed by atoms with Crippen molar-refractivity contribution in [2.45, 2.75) is 25.8 Å². The van der Waals surface area contributed by atoms with Crippen LogP contribution in [0.2, 0.25) is 0 Å². The third-order valence-corrected chi connectivity index (χ3v) is 4.69. The molecule has 2 N–H and O–H groups in total. The average molecular weight is 299 g/mol. The van der Waals surface area contributed by atoms with Gasteiger partial charge in [0, 0.05) is 17.0 Å². The van der Waals surface area contributed by atoms with Crippen LogP contribution in [0.1, 0.15) is 23.1 Å². The summed E-state index contributed by atoms with van der Waals surface area (Å²) in [6.07, 6.45) is 3.34.